The summed E-state index contributed by atoms with van der Waals surface area (Å²) in [6.07, 6.45) is -3.74. The zero-order valence-electron chi connectivity index (χ0n) is 12.4. The van der Waals surface area contributed by atoms with E-state index in [-0.39, 0.29) is 18.3 Å². The highest BCUT2D eigenvalue weighted by Gasteiger charge is 2.35. The summed E-state index contributed by atoms with van der Waals surface area (Å²) in [5.74, 6) is -2.40. The van der Waals surface area contributed by atoms with E-state index >= 15 is 0 Å². The zero-order valence-corrected chi connectivity index (χ0v) is 12.4. The van der Waals surface area contributed by atoms with Gasteiger partial charge in [0.15, 0.2) is 6.10 Å². The van der Waals surface area contributed by atoms with Crippen LogP contribution < -0.4 is 5.32 Å². The Morgan fingerprint density at radius 2 is 1.76 bits per heavy atom. The number of ether oxygens (including phenoxy) is 3. The third-order valence-corrected chi connectivity index (χ3v) is 2.62. The molecule has 8 nitrogen and oxygen atoms in total. The Hall–Kier alpha value is -2.12. The maximum Gasteiger partial charge on any atom is 0.512 e. The van der Waals surface area contributed by atoms with Crippen LogP contribution in [0.15, 0.2) is 0 Å². The molecule has 0 spiro atoms. The van der Waals surface area contributed by atoms with Crippen LogP contribution in [0.25, 0.3) is 0 Å². The summed E-state index contributed by atoms with van der Waals surface area (Å²) in [5, 5.41) is 2.00. The molecule has 1 aliphatic heterocycles. The van der Waals surface area contributed by atoms with Crippen LogP contribution >= 0.6 is 0 Å². The van der Waals surface area contributed by atoms with Crippen molar-refractivity contribution in [3.63, 3.8) is 0 Å². The fourth-order valence-electron chi connectivity index (χ4n) is 1.41. The van der Waals surface area contributed by atoms with Gasteiger partial charge in [-0.25, -0.2) is 4.79 Å². The number of carbonyl (C=O) groups excluding carboxylic acids is 4. The van der Waals surface area contributed by atoms with E-state index < -0.39 is 36.3 Å². The zero-order chi connectivity index (χ0) is 16.2. The number of nitrogens with one attached hydrogen (secondary N) is 1. The molecule has 0 saturated carbocycles. The fraction of sp³-hybridized carbons (Fsp3) is 0.692. The number of hydrogen-bond donors (Lipinski definition) is 1. The van der Waals surface area contributed by atoms with E-state index in [1.165, 1.54) is 0 Å². The van der Waals surface area contributed by atoms with Crippen LogP contribution in [-0.4, -0.2) is 36.3 Å². The van der Waals surface area contributed by atoms with Crippen molar-refractivity contribution in [2.75, 3.05) is 0 Å². The van der Waals surface area contributed by atoms with Crippen LogP contribution in [0.3, 0.4) is 0 Å². The molecule has 0 aromatic rings. The van der Waals surface area contributed by atoms with Crippen LogP contribution in [0, 0.1) is 11.8 Å². The maximum atomic E-state index is 11.6. The Morgan fingerprint density at radius 1 is 1.14 bits per heavy atom. The van der Waals surface area contributed by atoms with Crippen molar-refractivity contribution in [2.45, 2.75) is 46.5 Å². The number of carbonyl (C=O) groups is 4. The van der Waals surface area contributed by atoms with Gasteiger partial charge in [-0.3, -0.25) is 19.7 Å². The highest BCUT2D eigenvalue weighted by Crippen LogP contribution is 2.14. The number of hydrogen-bond acceptors (Lipinski definition) is 7. The summed E-state index contributed by atoms with van der Waals surface area (Å²) in [4.78, 5) is 45.3. The molecular formula is C13H19NO7. The smallest absolute Gasteiger partial charge is 0.425 e. The minimum absolute atomic E-state index is 0.244. The summed E-state index contributed by atoms with van der Waals surface area (Å²) >= 11 is 0. The van der Waals surface area contributed by atoms with Gasteiger partial charge in [-0.05, 0) is 0 Å². The van der Waals surface area contributed by atoms with E-state index in [0.717, 1.165) is 0 Å². The Balaban J connectivity index is 2.55. The SMILES string of the molecule is CC(C)C(=O)O[C@@H](OC(=O)OC1CC(=O)NC1=O)C(C)C. The number of rotatable bonds is 5. The Kier molecular flexibility index (Phi) is 5.69. The van der Waals surface area contributed by atoms with Crippen molar-refractivity contribution in [1.29, 1.82) is 0 Å². The third kappa shape index (κ3) is 5.05. The molecule has 1 heterocycles. The first-order valence-corrected chi connectivity index (χ1v) is 6.62. The molecule has 1 aliphatic rings. The van der Waals surface area contributed by atoms with Crippen molar-refractivity contribution < 1.29 is 33.4 Å². The van der Waals surface area contributed by atoms with Crippen LogP contribution in [0.1, 0.15) is 34.1 Å². The summed E-state index contributed by atoms with van der Waals surface area (Å²) in [6.45, 7) is 6.67. The van der Waals surface area contributed by atoms with E-state index in [9.17, 15) is 19.2 Å². The van der Waals surface area contributed by atoms with Crippen LogP contribution in [0.2, 0.25) is 0 Å². The topological polar surface area (TPSA) is 108 Å². The van der Waals surface area contributed by atoms with Crippen LogP contribution in [0.5, 0.6) is 0 Å². The summed E-state index contributed by atoms with van der Waals surface area (Å²) < 4.78 is 14.6. The lowest BCUT2D eigenvalue weighted by atomic mass is 10.2. The minimum Gasteiger partial charge on any atom is -0.425 e. The fourth-order valence-corrected chi connectivity index (χ4v) is 1.41. The van der Waals surface area contributed by atoms with Crippen LogP contribution in [0.4, 0.5) is 4.79 Å². The molecule has 1 rings (SSSR count). The lowest BCUT2D eigenvalue weighted by molar-refractivity contribution is -0.184. The van der Waals surface area contributed by atoms with Gasteiger partial charge < -0.3 is 14.2 Å². The Labute approximate surface area is 122 Å². The van der Waals surface area contributed by atoms with Crippen molar-refractivity contribution in [3.05, 3.63) is 0 Å². The largest absolute Gasteiger partial charge is 0.512 e. The predicted octanol–water partition coefficient (Wildman–Crippen LogP) is 0.736. The van der Waals surface area contributed by atoms with Gasteiger partial charge in [0.05, 0.1) is 12.3 Å². The Morgan fingerprint density at radius 3 is 2.19 bits per heavy atom. The molecule has 0 aliphatic carbocycles. The maximum absolute atomic E-state index is 11.6. The molecule has 8 heteroatoms. The molecule has 1 N–H and O–H groups in total. The van der Waals surface area contributed by atoms with Crippen LogP contribution in [-0.2, 0) is 28.6 Å². The molecule has 2 atom stereocenters. The number of imide groups is 1. The first-order chi connectivity index (χ1) is 9.70. The van der Waals surface area contributed by atoms with Gasteiger partial charge in [0.2, 0.25) is 5.91 Å². The minimum atomic E-state index is -1.21. The molecule has 0 aromatic heterocycles. The van der Waals surface area contributed by atoms with Gasteiger partial charge in [0, 0.05) is 5.92 Å². The van der Waals surface area contributed by atoms with E-state index in [1.54, 1.807) is 27.7 Å². The highest BCUT2D eigenvalue weighted by atomic mass is 16.8. The summed E-state index contributed by atoms with van der Waals surface area (Å²) in [5.41, 5.74) is 0. The molecule has 1 saturated heterocycles. The molecule has 0 radical (unpaired) electrons. The molecule has 0 bridgehead atoms. The molecule has 1 fully saturated rings. The van der Waals surface area contributed by atoms with Crippen molar-refractivity contribution >= 4 is 23.9 Å². The average Bonchev–Trinajstić information content (AvgIpc) is 2.66. The summed E-state index contributed by atoms with van der Waals surface area (Å²) in [6, 6.07) is 0. The van der Waals surface area contributed by atoms with Crippen molar-refractivity contribution in [3.8, 4) is 0 Å². The quantitative estimate of drug-likeness (QED) is 0.453. The normalized spacial score (nSPS) is 19.4. The van der Waals surface area contributed by atoms with Gasteiger partial charge >= 0.3 is 12.1 Å². The van der Waals surface area contributed by atoms with Gasteiger partial charge in [-0.15, -0.1) is 0 Å². The van der Waals surface area contributed by atoms with E-state index in [2.05, 4.69) is 0 Å². The molecule has 21 heavy (non-hydrogen) atoms. The average molecular weight is 301 g/mol. The lowest BCUT2D eigenvalue weighted by Gasteiger charge is -2.22. The molecular weight excluding hydrogens is 282 g/mol. The molecule has 118 valence electrons. The monoisotopic (exact) mass is 301 g/mol. The molecule has 1 unspecified atom stereocenters. The number of esters is 1. The first-order valence-electron chi connectivity index (χ1n) is 6.62. The van der Waals surface area contributed by atoms with Crippen molar-refractivity contribution in [1.82, 2.24) is 5.32 Å². The van der Waals surface area contributed by atoms with Gasteiger partial charge in [0.25, 0.3) is 12.2 Å². The third-order valence-electron chi connectivity index (χ3n) is 2.62. The lowest BCUT2D eigenvalue weighted by Crippen LogP contribution is -2.34. The number of amides is 2. The Bertz CT molecular complexity index is 444. The van der Waals surface area contributed by atoms with E-state index in [4.69, 9.17) is 14.2 Å². The molecule has 0 aromatic carbocycles. The highest BCUT2D eigenvalue weighted by molar-refractivity contribution is 6.05. The second kappa shape index (κ2) is 7.05. The second-order valence-corrected chi connectivity index (χ2v) is 5.29. The molecule has 2 amide bonds. The van der Waals surface area contributed by atoms with Gasteiger partial charge in [-0.1, -0.05) is 27.7 Å². The van der Waals surface area contributed by atoms with E-state index in [1.807, 2.05) is 5.32 Å². The first kappa shape index (κ1) is 16.9. The second-order valence-electron chi connectivity index (χ2n) is 5.29. The predicted molar refractivity (Wildman–Crippen MR) is 68.7 cm³/mol. The standard InChI is InChI=1S/C13H19NO7/c1-6(2)11(17)20-12(7(3)4)21-13(18)19-8-5-9(15)14-10(8)16/h6-8,12H,5H2,1-4H3,(H,14,15,16)/t8?,12-/m0/s1. The van der Waals surface area contributed by atoms with E-state index in [0.29, 0.717) is 0 Å². The van der Waals surface area contributed by atoms with Gasteiger partial charge in [-0.2, -0.15) is 0 Å². The van der Waals surface area contributed by atoms with Crippen molar-refractivity contribution in [2.24, 2.45) is 11.8 Å². The van der Waals surface area contributed by atoms with Gasteiger partial charge in [0.1, 0.15) is 0 Å². The summed E-state index contributed by atoms with van der Waals surface area (Å²) in [7, 11) is 0.